The van der Waals surface area contributed by atoms with Crippen molar-refractivity contribution in [2.75, 3.05) is 0 Å². The molecule has 0 saturated heterocycles. The average molecular weight is 202 g/mol. The Kier molecular flexibility index (Phi) is 1.71. The van der Waals surface area contributed by atoms with E-state index in [1.54, 1.807) is 12.3 Å². The second kappa shape index (κ2) is 3.05. The van der Waals surface area contributed by atoms with Gasteiger partial charge < -0.3 is 4.98 Å². The molecule has 0 spiro atoms. The first-order valence-corrected chi connectivity index (χ1v) is 4.94. The molecule has 0 aromatic carbocycles. The summed E-state index contributed by atoms with van der Waals surface area (Å²) >= 11 is 0. The summed E-state index contributed by atoms with van der Waals surface area (Å²) < 4.78 is 0. The maximum atomic E-state index is 10.9. The first kappa shape index (κ1) is 8.40. The van der Waals surface area contributed by atoms with Gasteiger partial charge in [0.1, 0.15) is 5.82 Å². The molecule has 3 rings (SSSR count). The normalized spacial score (nSPS) is 15.5. The van der Waals surface area contributed by atoms with Gasteiger partial charge >= 0.3 is 0 Å². The highest BCUT2D eigenvalue weighted by atomic mass is 16.1. The molecule has 5 nitrogen and oxygen atoms in total. The predicted molar refractivity (Wildman–Crippen MR) is 54.4 cm³/mol. The number of aromatic amines is 2. The van der Waals surface area contributed by atoms with Gasteiger partial charge in [-0.15, -0.1) is 0 Å². The molecule has 2 heterocycles. The Morgan fingerprint density at radius 1 is 1.33 bits per heavy atom. The highest BCUT2D eigenvalue weighted by molar-refractivity contribution is 5.52. The Morgan fingerprint density at radius 2 is 2.20 bits per heavy atom. The van der Waals surface area contributed by atoms with Crippen LogP contribution < -0.4 is 5.56 Å². The largest absolute Gasteiger partial charge is 0.328 e. The lowest BCUT2D eigenvalue weighted by Crippen LogP contribution is -2.01. The van der Waals surface area contributed by atoms with Crippen LogP contribution in [0.3, 0.4) is 0 Å². The quantitative estimate of drug-likeness (QED) is 0.764. The Balaban J connectivity index is 1.97. The topological polar surface area (TPSA) is 74.4 Å². The molecule has 1 aliphatic carbocycles. The fourth-order valence-electron chi connectivity index (χ4n) is 1.49. The van der Waals surface area contributed by atoms with Crippen LogP contribution in [0.15, 0.2) is 23.1 Å². The van der Waals surface area contributed by atoms with E-state index in [2.05, 4.69) is 20.2 Å². The Hall–Kier alpha value is -1.91. The number of nitrogens with one attached hydrogen (secondary N) is 2. The summed E-state index contributed by atoms with van der Waals surface area (Å²) in [6.07, 6.45) is 4.02. The van der Waals surface area contributed by atoms with Gasteiger partial charge in [-0.3, -0.25) is 9.89 Å². The van der Waals surface area contributed by atoms with Crippen molar-refractivity contribution in [3.05, 3.63) is 34.5 Å². The summed E-state index contributed by atoms with van der Waals surface area (Å²) in [5, 5.41) is 7.05. The Morgan fingerprint density at radius 3 is 2.87 bits per heavy atom. The zero-order valence-electron chi connectivity index (χ0n) is 8.03. The number of rotatable bonds is 2. The molecule has 5 heteroatoms. The van der Waals surface area contributed by atoms with Crippen LogP contribution in [0.1, 0.15) is 24.6 Å². The number of aromatic nitrogens is 4. The zero-order chi connectivity index (χ0) is 10.3. The number of hydrogen-bond acceptors (Lipinski definition) is 3. The van der Waals surface area contributed by atoms with E-state index >= 15 is 0 Å². The zero-order valence-corrected chi connectivity index (χ0v) is 8.03. The van der Waals surface area contributed by atoms with E-state index in [-0.39, 0.29) is 5.56 Å². The standard InChI is InChI=1S/C10H10N4O/c15-8-4-3-7(5-11-8)10-12-9(13-14-10)6-1-2-6/h3-6H,1-2H2,(H,11,15)(H,12,13,14). The molecule has 76 valence electrons. The molecule has 2 N–H and O–H groups in total. The molecule has 2 aromatic rings. The predicted octanol–water partition coefficient (Wildman–Crippen LogP) is 1.04. The van der Waals surface area contributed by atoms with Crippen LogP contribution in [-0.4, -0.2) is 20.2 Å². The molecule has 0 bridgehead atoms. The van der Waals surface area contributed by atoms with Crippen molar-refractivity contribution < 1.29 is 0 Å². The molecule has 0 unspecified atom stereocenters. The minimum atomic E-state index is -0.114. The van der Waals surface area contributed by atoms with Gasteiger partial charge in [-0.05, 0) is 18.9 Å². The Labute approximate surface area is 85.6 Å². The van der Waals surface area contributed by atoms with Gasteiger partial charge in [-0.2, -0.15) is 5.10 Å². The average Bonchev–Trinajstić information content (AvgIpc) is 2.99. The molecule has 2 aromatic heterocycles. The minimum absolute atomic E-state index is 0.114. The molecule has 1 aliphatic rings. The molecule has 0 atom stereocenters. The van der Waals surface area contributed by atoms with Crippen LogP contribution in [-0.2, 0) is 0 Å². The van der Waals surface area contributed by atoms with Crippen LogP contribution in [0.5, 0.6) is 0 Å². The highest BCUT2D eigenvalue weighted by Crippen LogP contribution is 2.38. The Bertz CT molecular complexity index is 518. The van der Waals surface area contributed by atoms with Crippen LogP contribution in [0.4, 0.5) is 0 Å². The second-order valence-corrected chi connectivity index (χ2v) is 3.76. The molecule has 0 radical (unpaired) electrons. The van der Waals surface area contributed by atoms with Crippen molar-refractivity contribution in [3.63, 3.8) is 0 Å². The molecule has 1 fully saturated rings. The third kappa shape index (κ3) is 1.56. The fourth-order valence-corrected chi connectivity index (χ4v) is 1.49. The van der Waals surface area contributed by atoms with E-state index in [1.807, 2.05) is 0 Å². The maximum absolute atomic E-state index is 10.9. The lowest BCUT2D eigenvalue weighted by Gasteiger charge is -1.91. The molecule has 1 saturated carbocycles. The first-order chi connectivity index (χ1) is 7.33. The summed E-state index contributed by atoms with van der Waals surface area (Å²) in [5.74, 6) is 2.17. The fraction of sp³-hybridized carbons (Fsp3) is 0.300. The van der Waals surface area contributed by atoms with Gasteiger partial charge in [0.15, 0.2) is 5.82 Å². The van der Waals surface area contributed by atoms with Gasteiger partial charge in [0, 0.05) is 23.7 Å². The third-order valence-electron chi connectivity index (χ3n) is 2.51. The summed E-state index contributed by atoms with van der Waals surface area (Å²) in [7, 11) is 0. The van der Waals surface area contributed by atoms with Gasteiger partial charge in [-0.1, -0.05) is 0 Å². The molecular weight excluding hydrogens is 192 g/mol. The molecular formula is C10H10N4O. The number of pyridine rings is 1. The summed E-state index contributed by atoms with van der Waals surface area (Å²) in [6, 6.07) is 3.20. The summed E-state index contributed by atoms with van der Waals surface area (Å²) in [6.45, 7) is 0. The van der Waals surface area contributed by atoms with E-state index < -0.39 is 0 Å². The molecule has 0 aliphatic heterocycles. The third-order valence-corrected chi connectivity index (χ3v) is 2.51. The summed E-state index contributed by atoms with van der Waals surface area (Å²) in [5.41, 5.74) is 0.717. The SMILES string of the molecule is O=c1ccc(-c2n[nH]c(C3CC3)n2)c[nH]1. The minimum Gasteiger partial charge on any atom is -0.328 e. The summed E-state index contributed by atoms with van der Waals surface area (Å²) in [4.78, 5) is 17.9. The smallest absolute Gasteiger partial charge is 0.247 e. The van der Waals surface area contributed by atoms with Gasteiger partial charge in [0.05, 0.1) is 0 Å². The lowest BCUT2D eigenvalue weighted by atomic mass is 10.3. The number of hydrogen-bond donors (Lipinski definition) is 2. The van der Waals surface area contributed by atoms with Crippen LogP contribution in [0.2, 0.25) is 0 Å². The highest BCUT2D eigenvalue weighted by Gasteiger charge is 2.27. The number of H-pyrrole nitrogens is 2. The van der Waals surface area contributed by atoms with E-state index in [0.717, 1.165) is 11.4 Å². The van der Waals surface area contributed by atoms with Crippen LogP contribution >= 0.6 is 0 Å². The molecule has 0 amide bonds. The van der Waals surface area contributed by atoms with Crippen molar-refractivity contribution in [3.8, 4) is 11.4 Å². The van der Waals surface area contributed by atoms with Gasteiger partial charge in [0.25, 0.3) is 0 Å². The first-order valence-electron chi connectivity index (χ1n) is 4.94. The van der Waals surface area contributed by atoms with E-state index in [0.29, 0.717) is 11.7 Å². The van der Waals surface area contributed by atoms with E-state index in [4.69, 9.17) is 0 Å². The van der Waals surface area contributed by atoms with Gasteiger partial charge in [-0.25, -0.2) is 4.98 Å². The van der Waals surface area contributed by atoms with Crippen molar-refractivity contribution in [2.45, 2.75) is 18.8 Å². The second-order valence-electron chi connectivity index (χ2n) is 3.76. The van der Waals surface area contributed by atoms with Crippen molar-refractivity contribution in [1.29, 1.82) is 0 Å². The molecule has 15 heavy (non-hydrogen) atoms. The van der Waals surface area contributed by atoms with Crippen LogP contribution in [0.25, 0.3) is 11.4 Å². The van der Waals surface area contributed by atoms with E-state index in [1.165, 1.54) is 18.9 Å². The lowest BCUT2D eigenvalue weighted by molar-refractivity contribution is 0.935. The number of nitrogens with zero attached hydrogens (tertiary/aromatic N) is 2. The van der Waals surface area contributed by atoms with Crippen LogP contribution in [0, 0.1) is 0 Å². The van der Waals surface area contributed by atoms with E-state index in [9.17, 15) is 4.79 Å². The van der Waals surface area contributed by atoms with Crippen molar-refractivity contribution in [2.24, 2.45) is 0 Å². The van der Waals surface area contributed by atoms with Crippen molar-refractivity contribution >= 4 is 0 Å². The van der Waals surface area contributed by atoms with Crippen molar-refractivity contribution in [1.82, 2.24) is 20.2 Å². The van der Waals surface area contributed by atoms with Gasteiger partial charge in [0.2, 0.25) is 5.56 Å². The maximum Gasteiger partial charge on any atom is 0.247 e. The monoisotopic (exact) mass is 202 g/mol.